The molecule has 0 saturated heterocycles. The standard InChI is InChI=1S/C9H11NO2/c1-5-6-3-2-4-7(6)9(12)10-8(5)11/h2-4H2,1H3,(H2,10,11,12). The Morgan fingerprint density at radius 3 is 2.75 bits per heavy atom. The molecule has 3 heteroatoms. The zero-order valence-corrected chi connectivity index (χ0v) is 6.98. The fourth-order valence-electron chi connectivity index (χ4n) is 1.83. The van der Waals surface area contributed by atoms with Crippen LogP contribution < -0.4 is 5.56 Å². The Balaban J connectivity index is 2.78. The quantitative estimate of drug-likeness (QED) is 0.599. The van der Waals surface area contributed by atoms with Gasteiger partial charge in [0.15, 0.2) is 5.88 Å². The second-order valence-corrected chi connectivity index (χ2v) is 3.24. The number of aromatic hydroxyl groups is 1. The third kappa shape index (κ3) is 0.858. The number of aromatic nitrogens is 1. The minimum absolute atomic E-state index is 0.0284. The SMILES string of the molecule is Cc1c(O)[nH]c(=O)c2c1CCC2. The molecule has 0 aromatic carbocycles. The van der Waals surface area contributed by atoms with Gasteiger partial charge >= 0.3 is 0 Å². The summed E-state index contributed by atoms with van der Waals surface area (Å²) in [7, 11) is 0. The Bertz CT molecular complexity index is 379. The summed E-state index contributed by atoms with van der Waals surface area (Å²) in [6.07, 6.45) is 2.81. The van der Waals surface area contributed by atoms with Crippen molar-refractivity contribution in [3.63, 3.8) is 0 Å². The molecular weight excluding hydrogens is 154 g/mol. The Hall–Kier alpha value is -1.25. The van der Waals surface area contributed by atoms with Gasteiger partial charge in [0.25, 0.3) is 5.56 Å². The van der Waals surface area contributed by atoms with Crippen LogP contribution in [0.25, 0.3) is 0 Å². The number of aromatic amines is 1. The van der Waals surface area contributed by atoms with Gasteiger partial charge in [-0.15, -0.1) is 0 Å². The van der Waals surface area contributed by atoms with Gasteiger partial charge < -0.3 is 5.11 Å². The van der Waals surface area contributed by atoms with Gasteiger partial charge in [-0.25, -0.2) is 0 Å². The third-order valence-electron chi connectivity index (χ3n) is 2.53. The van der Waals surface area contributed by atoms with Crippen LogP contribution in [-0.4, -0.2) is 10.1 Å². The highest BCUT2D eigenvalue weighted by Crippen LogP contribution is 2.25. The molecule has 0 radical (unpaired) electrons. The summed E-state index contributed by atoms with van der Waals surface area (Å²) in [5.74, 6) is 0.0284. The largest absolute Gasteiger partial charge is 0.494 e. The zero-order valence-electron chi connectivity index (χ0n) is 6.98. The van der Waals surface area contributed by atoms with Gasteiger partial charge in [0, 0.05) is 11.1 Å². The lowest BCUT2D eigenvalue weighted by molar-refractivity contribution is 0.446. The summed E-state index contributed by atoms with van der Waals surface area (Å²) < 4.78 is 0. The Morgan fingerprint density at radius 2 is 2.00 bits per heavy atom. The van der Waals surface area contributed by atoms with Crippen LogP contribution in [-0.2, 0) is 12.8 Å². The molecule has 0 fully saturated rings. The van der Waals surface area contributed by atoms with E-state index in [0.717, 1.165) is 36.0 Å². The molecule has 0 unspecified atom stereocenters. The van der Waals surface area contributed by atoms with Gasteiger partial charge in [-0.2, -0.15) is 0 Å². The van der Waals surface area contributed by atoms with Crippen LogP contribution in [0.2, 0.25) is 0 Å². The van der Waals surface area contributed by atoms with Crippen molar-refractivity contribution in [2.75, 3.05) is 0 Å². The minimum atomic E-state index is -0.120. The molecule has 1 aromatic heterocycles. The fraction of sp³-hybridized carbons (Fsp3) is 0.444. The smallest absolute Gasteiger partial charge is 0.254 e. The molecule has 2 N–H and O–H groups in total. The van der Waals surface area contributed by atoms with Crippen molar-refractivity contribution in [2.45, 2.75) is 26.2 Å². The zero-order chi connectivity index (χ0) is 8.72. The van der Waals surface area contributed by atoms with Crippen molar-refractivity contribution in [1.82, 2.24) is 4.98 Å². The van der Waals surface area contributed by atoms with E-state index in [4.69, 9.17) is 0 Å². The van der Waals surface area contributed by atoms with E-state index in [1.807, 2.05) is 6.92 Å². The van der Waals surface area contributed by atoms with Gasteiger partial charge in [0.1, 0.15) is 0 Å². The van der Waals surface area contributed by atoms with Crippen molar-refractivity contribution in [2.24, 2.45) is 0 Å². The fourth-order valence-corrected chi connectivity index (χ4v) is 1.83. The van der Waals surface area contributed by atoms with Crippen LogP contribution >= 0.6 is 0 Å². The number of fused-ring (bicyclic) bond motifs is 1. The highest BCUT2D eigenvalue weighted by atomic mass is 16.3. The molecule has 0 bridgehead atoms. The lowest BCUT2D eigenvalue weighted by atomic mass is 10.1. The predicted molar refractivity (Wildman–Crippen MR) is 45.5 cm³/mol. The molecular formula is C9H11NO2. The second kappa shape index (κ2) is 2.37. The monoisotopic (exact) mass is 165 g/mol. The second-order valence-electron chi connectivity index (χ2n) is 3.24. The molecule has 12 heavy (non-hydrogen) atoms. The van der Waals surface area contributed by atoms with Crippen molar-refractivity contribution in [3.8, 4) is 5.88 Å². The number of nitrogens with one attached hydrogen (secondary N) is 1. The van der Waals surface area contributed by atoms with E-state index < -0.39 is 0 Å². The van der Waals surface area contributed by atoms with Crippen molar-refractivity contribution in [1.29, 1.82) is 0 Å². The molecule has 0 atom stereocenters. The summed E-state index contributed by atoms with van der Waals surface area (Å²) in [5, 5.41) is 9.31. The molecule has 1 heterocycles. The van der Waals surface area contributed by atoms with Gasteiger partial charge in [0.05, 0.1) is 0 Å². The normalized spacial score (nSPS) is 14.8. The Kier molecular flexibility index (Phi) is 1.46. The molecule has 1 aliphatic carbocycles. The van der Waals surface area contributed by atoms with Crippen molar-refractivity contribution < 1.29 is 5.11 Å². The topological polar surface area (TPSA) is 53.1 Å². The van der Waals surface area contributed by atoms with Gasteiger partial charge in [-0.1, -0.05) is 0 Å². The molecule has 0 amide bonds. The van der Waals surface area contributed by atoms with Crippen LogP contribution in [0.3, 0.4) is 0 Å². The average molecular weight is 165 g/mol. The summed E-state index contributed by atoms with van der Waals surface area (Å²) >= 11 is 0. The number of H-pyrrole nitrogens is 1. The van der Waals surface area contributed by atoms with Crippen LogP contribution in [0.15, 0.2) is 4.79 Å². The lowest BCUT2D eigenvalue weighted by Crippen LogP contribution is -2.12. The number of hydrogen-bond donors (Lipinski definition) is 2. The van der Waals surface area contributed by atoms with E-state index in [9.17, 15) is 9.90 Å². The Labute approximate surface area is 70.1 Å². The maximum atomic E-state index is 11.3. The molecule has 1 aliphatic rings. The average Bonchev–Trinajstić information content (AvgIpc) is 2.48. The van der Waals surface area contributed by atoms with Gasteiger partial charge in [-0.05, 0) is 31.7 Å². The van der Waals surface area contributed by atoms with Crippen LogP contribution in [0.1, 0.15) is 23.1 Å². The van der Waals surface area contributed by atoms with E-state index in [-0.39, 0.29) is 11.4 Å². The summed E-state index contributed by atoms with van der Waals surface area (Å²) in [6, 6.07) is 0. The maximum absolute atomic E-state index is 11.3. The molecule has 0 saturated carbocycles. The van der Waals surface area contributed by atoms with Crippen LogP contribution in [0.4, 0.5) is 0 Å². The highest BCUT2D eigenvalue weighted by molar-refractivity contribution is 5.40. The van der Waals surface area contributed by atoms with Crippen molar-refractivity contribution >= 4 is 0 Å². The number of pyridine rings is 1. The minimum Gasteiger partial charge on any atom is -0.494 e. The van der Waals surface area contributed by atoms with E-state index in [0.29, 0.717) is 0 Å². The summed E-state index contributed by atoms with van der Waals surface area (Å²) in [5.41, 5.74) is 2.63. The van der Waals surface area contributed by atoms with Crippen molar-refractivity contribution in [3.05, 3.63) is 27.0 Å². The van der Waals surface area contributed by atoms with E-state index >= 15 is 0 Å². The summed E-state index contributed by atoms with van der Waals surface area (Å²) in [6.45, 7) is 1.84. The summed E-state index contributed by atoms with van der Waals surface area (Å²) in [4.78, 5) is 13.7. The third-order valence-corrected chi connectivity index (χ3v) is 2.53. The van der Waals surface area contributed by atoms with Gasteiger partial charge in [-0.3, -0.25) is 9.78 Å². The molecule has 3 nitrogen and oxygen atoms in total. The Morgan fingerprint density at radius 1 is 1.33 bits per heavy atom. The van der Waals surface area contributed by atoms with E-state index in [2.05, 4.69) is 4.98 Å². The first-order valence-electron chi connectivity index (χ1n) is 4.13. The van der Waals surface area contributed by atoms with E-state index in [1.54, 1.807) is 0 Å². The first kappa shape index (κ1) is 7.40. The molecule has 64 valence electrons. The molecule has 1 aromatic rings. The maximum Gasteiger partial charge on any atom is 0.254 e. The molecule has 0 spiro atoms. The highest BCUT2D eigenvalue weighted by Gasteiger charge is 2.18. The predicted octanol–water partition coefficient (Wildman–Crippen LogP) is 0.878. The lowest BCUT2D eigenvalue weighted by Gasteiger charge is -2.04. The van der Waals surface area contributed by atoms with Crippen LogP contribution in [0.5, 0.6) is 5.88 Å². The first-order valence-corrected chi connectivity index (χ1v) is 4.13. The van der Waals surface area contributed by atoms with Gasteiger partial charge in [0.2, 0.25) is 0 Å². The van der Waals surface area contributed by atoms with E-state index in [1.165, 1.54) is 0 Å². The number of hydrogen-bond acceptors (Lipinski definition) is 2. The molecule has 0 aliphatic heterocycles. The van der Waals surface area contributed by atoms with Crippen LogP contribution in [0, 0.1) is 6.92 Å². The molecule has 2 rings (SSSR count). The first-order chi connectivity index (χ1) is 5.70. The number of rotatable bonds is 0.